The van der Waals surface area contributed by atoms with Gasteiger partial charge in [0, 0.05) is 44.9 Å². The van der Waals surface area contributed by atoms with Crippen molar-refractivity contribution in [3.8, 4) is 0 Å². The number of rotatable bonds is 4. The zero-order chi connectivity index (χ0) is 17.8. The number of hydrogen-bond acceptors (Lipinski definition) is 7. The lowest BCUT2D eigenvalue weighted by molar-refractivity contribution is -0.181. The molecule has 0 unspecified atom stereocenters. The van der Waals surface area contributed by atoms with Crippen LogP contribution in [0.1, 0.15) is 28.9 Å². The van der Waals surface area contributed by atoms with Crippen molar-refractivity contribution in [2.45, 2.75) is 25.2 Å². The summed E-state index contributed by atoms with van der Waals surface area (Å²) in [7, 11) is 0. The van der Waals surface area contributed by atoms with Crippen molar-refractivity contribution in [3.63, 3.8) is 0 Å². The highest BCUT2D eigenvalue weighted by atomic mass is 16.7. The van der Waals surface area contributed by atoms with E-state index in [4.69, 9.17) is 9.47 Å². The van der Waals surface area contributed by atoms with Gasteiger partial charge in [-0.15, -0.1) is 0 Å². The average Bonchev–Trinajstić information content (AvgIpc) is 3.16. The number of pyridine rings is 1. The Labute approximate surface area is 151 Å². The molecular formula is C18H21N5O3. The van der Waals surface area contributed by atoms with Gasteiger partial charge in [0.2, 0.25) is 0 Å². The van der Waals surface area contributed by atoms with Crippen molar-refractivity contribution >= 4 is 11.7 Å². The van der Waals surface area contributed by atoms with Crippen molar-refractivity contribution in [2.24, 2.45) is 0 Å². The van der Waals surface area contributed by atoms with E-state index in [1.165, 1.54) is 6.20 Å². The molecule has 4 heterocycles. The molecule has 0 radical (unpaired) electrons. The number of hydrogen-bond donors (Lipinski definition) is 1. The van der Waals surface area contributed by atoms with Crippen molar-refractivity contribution in [3.05, 3.63) is 48.2 Å². The van der Waals surface area contributed by atoms with Crippen LogP contribution in [0.3, 0.4) is 0 Å². The highest BCUT2D eigenvalue weighted by Gasteiger charge is 2.41. The van der Waals surface area contributed by atoms with Gasteiger partial charge in [0.05, 0.1) is 25.6 Å². The Morgan fingerprint density at radius 3 is 2.62 bits per heavy atom. The molecule has 0 atom stereocenters. The van der Waals surface area contributed by atoms with Crippen molar-refractivity contribution < 1.29 is 14.3 Å². The Balaban J connectivity index is 1.32. The van der Waals surface area contributed by atoms with Gasteiger partial charge in [-0.3, -0.25) is 9.78 Å². The van der Waals surface area contributed by atoms with E-state index in [9.17, 15) is 4.79 Å². The van der Waals surface area contributed by atoms with Crippen LogP contribution in [0.25, 0.3) is 0 Å². The summed E-state index contributed by atoms with van der Waals surface area (Å²) >= 11 is 0. The molecule has 4 rings (SSSR count). The van der Waals surface area contributed by atoms with E-state index in [1.54, 1.807) is 23.5 Å². The second-order valence-corrected chi connectivity index (χ2v) is 6.40. The standard InChI is InChI=1S/C18H21N5O3/c24-17(23-6-3-18(4-7-23)25-8-9-26-18)15-12-22-16(13-20-15)21-11-14-2-1-5-19-10-14/h1-2,5,10,12-13H,3-4,6-9,11H2,(H,21,22). The molecule has 0 saturated carbocycles. The summed E-state index contributed by atoms with van der Waals surface area (Å²) in [5.74, 6) is 0.0302. The third-order valence-electron chi connectivity index (χ3n) is 4.69. The quantitative estimate of drug-likeness (QED) is 0.888. The summed E-state index contributed by atoms with van der Waals surface area (Å²) < 4.78 is 11.4. The predicted octanol–water partition coefficient (Wildman–Crippen LogP) is 1.46. The molecule has 2 fully saturated rings. The second-order valence-electron chi connectivity index (χ2n) is 6.40. The third kappa shape index (κ3) is 3.66. The molecule has 2 aliphatic heterocycles. The molecule has 2 aromatic heterocycles. The van der Waals surface area contributed by atoms with Crippen LogP contribution in [0.5, 0.6) is 0 Å². The molecule has 1 N–H and O–H groups in total. The molecule has 0 bridgehead atoms. The highest BCUT2D eigenvalue weighted by molar-refractivity contribution is 5.92. The van der Waals surface area contributed by atoms with E-state index >= 15 is 0 Å². The second kappa shape index (κ2) is 7.35. The number of carbonyl (C=O) groups is 1. The fourth-order valence-corrected chi connectivity index (χ4v) is 3.22. The molecule has 2 saturated heterocycles. The number of ether oxygens (including phenoxy) is 2. The van der Waals surface area contributed by atoms with E-state index in [0.717, 1.165) is 5.56 Å². The summed E-state index contributed by atoms with van der Waals surface area (Å²) in [5.41, 5.74) is 1.40. The first-order valence-corrected chi connectivity index (χ1v) is 8.76. The maximum atomic E-state index is 12.6. The van der Waals surface area contributed by atoms with Gasteiger partial charge in [-0.1, -0.05) is 6.07 Å². The van der Waals surface area contributed by atoms with Crippen LogP contribution in [0.2, 0.25) is 0 Å². The number of nitrogens with one attached hydrogen (secondary N) is 1. The number of amides is 1. The number of nitrogens with zero attached hydrogens (tertiary/aromatic N) is 4. The number of aromatic nitrogens is 3. The maximum absolute atomic E-state index is 12.6. The van der Waals surface area contributed by atoms with Crippen LogP contribution in [0.15, 0.2) is 36.9 Å². The number of likely N-dealkylation sites (tertiary alicyclic amines) is 1. The summed E-state index contributed by atoms with van der Waals surface area (Å²) in [6, 6.07) is 3.86. The van der Waals surface area contributed by atoms with Crippen LogP contribution in [0, 0.1) is 0 Å². The molecule has 0 aromatic carbocycles. The molecule has 8 nitrogen and oxygen atoms in total. The van der Waals surface area contributed by atoms with Gasteiger partial charge >= 0.3 is 0 Å². The Bertz CT molecular complexity index is 737. The smallest absolute Gasteiger partial charge is 0.274 e. The van der Waals surface area contributed by atoms with Crippen molar-refractivity contribution in [2.75, 3.05) is 31.6 Å². The van der Waals surface area contributed by atoms with Crippen LogP contribution >= 0.6 is 0 Å². The van der Waals surface area contributed by atoms with E-state index < -0.39 is 5.79 Å². The Morgan fingerprint density at radius 1 is 1.15 bits per heavy atom. The Kier molecular flexibility index (Phi) is 4.77. The minimum absolute atomic E-state index is 0.107. The number of anilines is 1. The lowest BCUT2D eigenvalue weighted by Crippen LogP contribution is -2.47. The molecular weight excluding hydrogens is 334 g/mol. The van der Waals surface area contributed by atoms with Crippen molar-refractivity contribution in [1.29, 1.82) is 0 Å². The fraction of sp³-hybridized carbons (Fsp3) is 0.444. The van der Waals surface area contributed by atoms with E-state index in [1.807, 2.05) is 12.1 Å². The highest BCUT2D eigenvalue weighted by Crippen LogP contribution is 2.31. The molecule has 2 aliphatic rings. The monoisotopic (exact) mass is 355 g/mol. The van der Waals surface area contributed by atoms with Gasteiger partial charge in [-0.25, -0.2) is 9.97 Å². The molecule has 1 spiro atoms. The first-order chi connectivity index (χ1) is 12.7. The molecule has 0 aliphatic carbocycles. The first kappa shape index (κ1) is 16.9. The van der Waals surface area contributed by atoms with Gasteiger partial charge in [0.15, 0.2) is 5.79 Å². The lowest BCUT2D eigenvalue weighted by atomic mass is 10.0. The molecule has 136 valence electrons. The minimum Gasteiger partial charge on any atom is -0.365 e. The van der Waals surface area contributed by atoms with Gasteiger partial charge in [0.25, 0.3) is 5.91 Å². The van der Waals surface area contributed by atoms with Gasteiger partial charge < -0.3 is 19.7 Å². The predicted molar refractivity (Wildman–Crippen MR) is 93.4 cm³/mol. The Morgan fingerprint density at radius 2 is 1.96 bits per heavy atom. The van der Waals surface area contributed by atoms with Gasteiger partial charge in [0.1, 0.15) is 11.5 Å². The zero-order valence-electron chi connectivity index (χ0n) is 14.4. The van der Waals surface area contributed by atoms with Crippen LogP contribution in [-0.2, 0) is 16.0 Å². The summed E-state index contributed by atoms with van der Waals surface area (Å²) in [5, 5.41) is 3.17. The van der Waals surface area contributed by atoms with Crippen LogP contribution in [-0.4, -0.2) is 57.8 Å². The van der Waals surface area contributed by atoms with Crippen LogP contribution < -0.4 is 5.32 Å². The molecule has 26 heavy (non-hydrogen) atoms. The van der Waals surface area contributed by atoms with E-state index in [-0.39, 0.29) is 5.91 Å². The van der Waals surface area contributed by atoms with E-state index in [2.05, 4.69) is 20.3 Å². The molecule has 8 heteroatoms. The van der Waals surface area contributed by atoms with Crippen LogP contribution in [0.4, 0.5) is 5.82 Å². The molecule has 2 aromatic rings. The number of piperidine rings is 1. The fourth-order valence-electron chi connectivity index (χ4n) is 3.22. The van der Waals surface area contributed by atoms with E-state index in [0.29, 0.717) is 57.2 Å². The number of carbonyl (C=O) groups excluding carboxylic acids is 1. The average molecular weight is 355 g/mol. The zero-order valence-corrected chi connectivity index (χ0v) is 14.4. The van der Waals surface area contributed by atoms with Crippen molar-refractivity contribution in [1.82, 2.24) is 19.9 Å². The van der Waals surface area contributed by atoms with Gasteiger partial charge in [-0.2, -0.15) is 0 Å². The summed E-state index contributed by atoms with van der Waals surface area (Å²) in [6.45, 7) is 3.06. The SMILES string of the molecule is O=C(c1cnc(NCc2cccnc2)cn1)N1CCC2(CC1)OCCO2. The topological polar surface area (TPSA) is 89.5 Å². The summed E-state index contributed by atoms with van der Waals surface area (Å²) in [4.78, 5) is 27.0. The maximum Gasteiger partial charge on any atom is 0.274 e. The minimum atomic E-state index is -0.484. The normalized spacial score (nSPS) is 18.8. The Hall–Kier alpha value is -2.58. The van der Waals surface area contributed by atoms with Gasteiger partial charge in [-0.05, 0) is 11.6 Å². The summed E-state index contributed by atoms with van der Waals surface area (Å²) in [6.07, 6.45) is 8.00. The lowest BCUT2D eigenvalue weighted by Gasteiger charge is -2.37. The molecule has 1 amide bonds. The third-order valence-corrected chi connectivity index (χ3v) is 4.69. The largest absolute Gasteiger partial charge is 0.365 e. The first-order valence-electron chi connectivity index (χ1n) is 8.76.